The molecule has 0 unspecified atom stereocenters. The molecule has 94 valence electrons. The summed E-state index contributed by atoms with van der Waals surface area (Å²) in [5.41, 5.74) is -0.416. The zero-order chi connectivity index (χ0) is 12.3. The van der Waals surface area contributed by atoms with E-state index in [0.29, 0.717) is 11.7 Å². The Balaban J connectivity index is 2.22. The average Bonchev–Trinajstić information content (AvgIpc) is 2.25. The summed E-state index contributed by atoms with van der Waals surface area (Å²) in [6.45, 7) is 1.55. The molecule has 0 radical (unpaired) electrons. The van der Waals surface area contributed by atoms with Crippen molar-refractivity contribution < 1.29 is 4.39 Å². The molecule has 4 heteroatoms. The molecule has 0 atom stereocenters. The van der Waals surface area contributed by atoms with Gasteiger partial charge in [-0.1, -0.05) is 32.1 Å². The number of nitrogens with one attached hydrogen (secondary N) is 1. The molecule has 0 amide bonds. The Morgan fingerprint density at radius 1 is 1.18 bits per heavy atom. The van der Waals surface area contributed by atoms with Crippen LogP contribution in [0.1, 0.15) is 62.4 Å². The van der Waals surface area contributed by atoms with Crippen molar-refractivity contribution in [2.75, 3.05) is 0 Å². The molecule has 2 rings (SSSR count). The maximum atomic E-state index is 13.2. The smallest absolute Gasteiger partial charge is 0.287 e. The van der Waals surface area contributed by atoms with Gasteiger partial charge in [0, 0.05) is 5.92 Å². The molecule has 17 heavy (non-hydrogen) atoms. The number of aryl methyl sites for hydroxylation is 1. The number of hydrogen-bond acceptors (Lipinski definition) is 2. The van der Waals surface area contributed by atoms with Crippen LogP contribution in [0.25, 0.3) is 0 Å². The molecule has 1 N–H and O–H groups in total. The van der Waals surface area contributed by atoms with Crippen LogP contribution in [0.4, 0.5) is 4.39 Å². The normalized spacial score (nSPS) is 18.7. The first-order valence-electron chi connectivity index (χ1n) is 6.45. The molecule has 3 nitrogen and oxygen atoms in total. The third kappa shape index (κ3) is 2.93. The minimum Gasteiger partial charge on any atom is -0.308 e. The highest BCUT2D eigenvalue weighted by atomic mass is 19.1. The minimum absolute atomic E-state index is 0.214. The van der Waals surface area contributed by atoms with Crippen molar-refractivity contribution in [3.63, 3.8) is 0 Å². The summed E-state index contributed by atoms with van der Waals surface area (Å²) in [7, 11) is 0. The van der Waals surface area contributed by atoms with Crippen molar-refractivity contribution in [1.29, 1.82) is 0 Å². The fourth-order valence-corrected chi connectivity index (χ4v) is 2.52. The second-order valence-corrected chi connectivity index (χ2v) is 4.89. The molecule has 1 aromatic rings. The van der Waals surface area contributed by atoms with Crippen LogP contribution in [0.2, 0.25) is 0 Å². The molecule has 1 saturated carbocycles. The van der Waals surface area contributed by atoms with Gasteiger partial charge in [-0.25, -0.2) is 4.98 Å². The van der Waals surface area contributed by atoms with Crippen molar-refractivity contribution in [1.82, 2.24) is 9.97 Å². The van der Waals surface area contributed by atoms with E-state index in [2.05, 4.69) is 9.97 Å². The molecule has 1 heterocycles. The van der Waals surface area contributed by atoms with E-state index in [9.17, 15) is 9.18 Å². The number of nitrogens with zero attached hydrogens (tertiary/aromatic N) is 1. The lowest BCUT2D eigenvalue weighted by Crippen LogP contribution is -2.20. The molecular weight excluding hydrogens is 219 g/mol. The van der Waals surface area contributed by atoms with Crippen molar-refractivity contribution in [2.45, 2.75) is 57.8 Å². The first kappa shape index (κ1) is 12.3. The Kier molecular flexibility index (Phi) is 3.92. The fraction of sp³-hybridized carbons (Fsp3) is 0.692. The van der Waals surface area contributed by atoms with Gasteiger partial charge in [-0.3, -0.25) is 4.79 Å². The number of halogens is 1. The SMILES string of the molecule is Cc1nc(C2CCCCCCC2)[nH]c(=O)c1F. The number of rotatable bonds is 1. The molecule has 0 aromatic carbocycles. The van der Waals surface area contributed by atoms with Gasteiger partial charge in [-0.2, -0.15) is 4.39 Å². The van der Waals surface area contributed by atoms with Crippen LogP contribution in [-0.2, 0) is 0 Å². The molecule has 0 spiro atoms. The Morgan fingerprint density at radius 3 is 2.35 bits per heavy atom. The van der Waals surface area contributed by atoms with Crippen LogP contribution in [0.5, 0.6) is 0 Å². The average molecular weight is 238 g/mol. The quantitative estimate of drug-likeness (QED) is 0.817. The highest BCUT2D eigenvalue weighted by molar-refractivity contribution is 5.06. The highest BCUT2D eigenvalue weighted by Crippen LogP contribution is 2.28. The number of aromatic nitrogens is 2. The molecule has 0 bridgehead atoms. The fourth-order valence-electron chi connectivity index (χ4n) is 2.52. The van der Waals surface area contributed by atoms with Gasteiger partial charge >= 0.3 is 0 Å². The Bertz CT molecular complexity index is 434. The van der Waals surface area contributed by atoms with Crippen molar-refractivity contribution in [3.05, 3.63) is 27.7 Å². The van der Waals surface area contributed by atoms with Crippen LogP contribution < -0.4 is 5.56 Å². The van der Waals surface area contributed by atoms with E-state index in [1.165, 1.54) is 32.1 Å². The van der Waals surface area contributed by atoms with E-state index in [4.69, 9.17) is 0 Å². The van der Waals surface area contributed by atoms with Gasteiger partial charge in [-0.05, 0) is 19.8 Å². The van der Waals surface area contributed by atoms with Gasteiger partial charge in [0.05, 0.1) is 5.69 Å². The molecule has 1 fully saturated rings. The van der Waals surface area contributed by atoms with Gasteiger partial charge < -0.3 is 4.98 Å². The highest BCUT2D eigenvalue weighted by Gasteiger charge is 2.17. The number of hydrogen-bond donors (Lipinski definition) is 1. The van der Waals surface area contributed by atoms with E-state index in [-0.39, 0.29) is 5.69 Å². The summed E-state index contributed by atoms with van der Waals surface area (Å²) >= 11 is 0. The van der Waals surface area contributed by atoms with E-state index >= 15 is 0 Å². The number of aromatic amines is 1. The predicted molar refractivity (Wildman–Crippen MR) is 64.6 cm³/mol. The second-order valence-electron chi connectivity index (χ2n) is 4.89. The Morgan fingerprint density at radius 2 is 1.76 bits per heavy atom. The topological polar surface area (TPSA) is 45.8 Å². The second kappa shape index (κ2) is 5.43. The summed E-state index contributed by atoms with van der Waals surface area (Å²) < 4.78 is 13.2. The van der Waals surface area contributed by atoms with Crippen LogP contribution in [-0.4, -0.2) is 9.97 Å². The monoisotopic (exact) mass is 238 g/mol. The van der Waals surface area contributed by atoms with Gasteiger partial charge in [-0.15, -0.1) is 0 Å². The Hall–Kier alpha value is -1.19. The zero-order valence-electron chi connectivity index (χ0n) is 10.3. The number of H-pyrrole nitrogens is 1. The third-order valence-corrected chi connectivity index (χ3v) is 3.54. The molecule has 1 aromatic heterocycles. The lowest BCUT2D eigenvalue weighted by molar-refractivity contribution is 0.437. The molecular formula is C13H19FN2O. The van der Waals surface area contributed by atoms with Crippen LogP contribution >= 0.6 is 0 Å². The van der Waals surface area contributed by atoms with E-state index in [0.717, 1.165) is 12.8 Å². The van der Waals surface area contributed by atoms with Crippen LogP contribution in [0.15, 0.2) is 4.79 Å². The van der Waals surface area contributed by atoms with Crippen molar-refractivity contribution in [2.24, 2.45) is 0 Å². The largest absolute Gasteiger partial charge is 0.308 e. The standard InChI is InChI=1S/C13H19FN2O/c1-9-11(14)13(17)16-12(15-9)10-7-5-3-2-4-6-8-10/h10H,2-8H2,1H3,(H,15,16,17). The zero-order valence-corrected chi connectivity index (χ0v) is 10.3. The first-order chi connectivity index (χ1) is 8.18. The van der Waals surface area contributed by atoms with Gasteiger partial charge in [0.25, 0.3) is 5.56 Å². The van der Waals surface area contributed by atoms with Gasteiger partial charge in [0.2, 0.25) is 5.82 Å². The van der Waals surface area contributed by atoms with Crippen molar-refractivity contribution >= 4 is 0 Å². The maximum Gasteiger partial charge on any atom is 0.287 e. The third-order valence-electron chi connectivity index (χ3n) is 3.54. The summed E-state index contributed by atoms with van der Waals surface area (Å²) in [5.74, 6) is 0.220. The molecule has 0 aliphatic heterocycles. The summed E-state index contributed by atoms with van der Waals surface area (Å²) in [5, 5.41) is 0. The molecule has 0 saturated heterocycles. The summed E-state index contributed by atoms with van der Waals surface area (Å²) in [4.78, 5) is 18.2. The lowest BCUT2D eigenvalue weighted by atomic mass is 9.90. The van der Waals surface area contributed by atoms with Crippen molar-refractivity contribution in [3.8, 4) is 0 Å². The maximum absolute atomic E-state index is 13.2. The van der Waals surface area contributed by atoms with Crippen LogP contribution in [0.3, 0.4) is 0 Å². The van der Waals surface area contributed by atoms with Gasteiger partial charge in [0.1, 0.15) is 5.82 Å². The molecule has 1 aliphatic carbocycles. The predicted octanol–water partition coefficient (Wildman–Crippen LogP) is 3.05. The Labute approximate surface area is 100 Å². The van der Waals surface area contributed by atoms with Gasteiger partial charge in [0.15, 0.2) is 0 Å². The van der Waals surface area contributed by atoms with E-state index in [1.54, 1.807) is 6.92 Å². The van der Waals surface area contributed by atoms with E-state index in [1.807, 2.05) is 0 Å². The molecule has 1 aliphatic rings. The summed E-state index contributed by atoms with van der Waals surface area (Å²) in [6, 6.07) is 0. The van der Waals surface area contributed by atoms with Crippen LogP contribution in [0, 0.1) is 12.7 Å². The van der Waals surface area contributed by atoms with E-state index < -0.39 is 11.4 Å². The lowest BCUT2D eigenvalue weighted by Gasteiger charge is -2.18. The first-order valence-corrected chi connectivity index (χ1v) is 6.45. The summed E-state index contributed by atoms with van der Waals surface area (Å²) in [6.07, 6.45) is 8.25. The minimum atomic E-state index is -0.750.